The summed E-state index contributed by atoms with van der Waals surface area (Å²) in [5, 5.41) is 26.4. The van der Waals surface area contributed by atoms with Crippen LogP contribution in [0.2, 0.25) is 0 Å². The molecule has 0 bridgehead atoms. The lowest BCUT2D eigenvalue weighted by molar-refractivity contribution is -0.137. The molecule has 22 heavy (non-hydrogen) atoms. The number of carbonyl (C=O) groups is 1. The van der Waals surface area contributed by atoms with Crippen molar-refractivity contribution in [1.82, 2.24) is 0 Å². The van der Waals surface area contributed by atoms with Crippen LogP contribution in [0.1, 0.15) is 96.3 Å². The SMILES string of the molecule is O=C(O)CCCCCCCCCCCCCCCC(O)CO. The fourth-order valence-electron chi connectivity index (χ4n) is 2.69. The number of rotatable bonds is 17. The molecule has 0 aliphatic heterocycles. The number of unbranched alkanes of at least 4 members (excludes halogenated alkanes) is 12. The van der Waals surface area contributed by atoms with Crippen LogP contribution < -0.4 is 0 Å². The Kier molecular flexibility index (Phi) is 16.3. The molecule has 0 amide bonds. The van der Waals surface area contributed by atoms with Gasteiger partial charge in [0, 0.05) is 6.42 Å². The second-order valence-electron chi connectivity index (χ2n) is 6.37. The zero-order valence-electron chi connectivity index (χ0n) is 14.1. The first-order valence-corrected chi connectivity index (χ1v) is 9.17. The van der Waals surface area contributed by atoms with Gasteiger partial charge in [0.1, 0.15) is 0 Å². The largest absolute Gasteiger partial charge is 0.481 e. The smallest absolute Gasteiger partial charge is 0.303 e. The van der Waals surface area contributed by atoms with Crippen LogP contribution in [0.5, 0.6) is 0 Å². The zero-order valence-corrected chi connectivity index (χ0v) is 14.1. The number of hydrogen-bond donors (Lipinski definition) is 3. The molecule has 1 unspecified atom stereocenters. The highest BCUT2D eigenvalue weighted by molar-refractivity contribution is 5.66. The van der Waals surface area contributed by atoms with Crippen LogP contribution in [0.25, 0.3) is 0 Å². The average molecular weight is 316 g/mol. The summed E-state index contributed by atoms with van der Waals surface area (Å²) in [5.74, 6) is -0.676. The van der Waals surface area contributed by atoms with Crippen LogP contribution in [0.15, 0.2) is 0 Å². The van der Waals surface area contributed by atoms with E-state index in [-0.39, 0.29) is 6.61 Å². The molecule has 0 aromatic carbocycles. The molecule has 0 saturated carbocycles. The monoisotopic (exact) mass is 316 g/mol. The van der Waals surface area contributed by atoms with Gasteiger partial charge in [-0.2, -0.15) is 0 Å². The van der Waals surface area contributed by atoms with Crippen molar-refractivity contribution >= 4 is 5.97 Å². The van der Waals surface area contributed by atoms with E-state index >= 15 is 0 Å². The number of aliphatic hydroxyl groups is 2. The van der Waals surface area contributed by atoms with E-state index in [2.05, 4.69) is 0 Å². The number of aliphatic hydroxyl groups excluding tert-OH is 2. The molecule has 0 spiro atoms. The van der Waals surface area contributed by atoms with Gasteiger partial charge in [-0.15, -0.1) is 0 Å². The Balaban J connectivity index is 3.01. The lowest BCUT2D eigenvalue weighted by atomic mass is 10.0. The summed E-state index contributed by atoms with van der Waals surface area (Å²) in [6, 6.07) is 0. The third-order valence-electron chi connectivity index (χ3n) is 4.14. The molecule has 4 nitrogen and oxygen atoms in total. The topological polar surface area (TPSA) is 77.8 Å². The highest BCUT2D eigenvalue weighted by Gasteiger charge is 2.00. The highest BCUT2D eigenvalue weighted by atomic mass is 16.4. The van der Waals surface area contributed by atoms with Crippen molar-refractivity contribution in [3.63, 3.8) is 0 Å². The summed E-state index contributed by atoms with van der Waals surface area (Å²) in [4.78, 5) is 10.3. The van der Waals surface area contributed by atoms with E-state index in [1.54, 1.807) is 0 Å². The van der Waals surface area contributed by atoms with Crippen LogP contribution in [0.4, 0.5) is 0 Å². The molecule has 0 rings (SSSR count). The van der Waals surface area contributed by atoms with Crippen molar-refractivity contribution in [2.24, 2.45) is 0 Å². The van der Waals surface area contributed by atoms with Crippen LogP contribution in [-0.2, 0) is 4.79 Å². The van der Waals surface area contributed by atoms with Gasteiger partial charge in [0.25, 0.3) is 0 Å². The minimum Gasteiger partial charge on any atom is -0.481 e. The van der Waals surface area contributed by atoms with E-state index in [9.17, 15) is 9.90 Å². The zero-order chi connectivity index (χ0) is 16.5. The number of hydrogen-bond acceptors (Lipinski definition) is 3. The minimum atomic E-state index is -0.676. The fraction of sp³-hybridized carbons (Fsp3) is 0.944. The molecule has 0 aromatic rings. The molecular formula is C18H36O4. The van der Waals surface area contributed by atoms with Crippen LogP contribution >= 0.6 is 0 Å². The number of aliphatic carboxylic acids is 1. The Morgan fingerprint density at radius 2 is 1.05 bits per heavy atom. The highest BCUT2D eigenvalue weighted by Crippen LogP contribution is 2.13. The van der Waals surface area contributed by atoms with Crippen molar-refractivity contribution in [2.45, 2.75) is 102 Å². The Bertz CT molecular complexity index is 243. The molecule has 0 saturated heterocycles. The Morgan fingerprint density at radius 1 is 0.682 bits per heavy atom. The van der Waals surface area contributed by atoms with Gasteiger partial charge in [-0.1, -0.05) is 77.0 Å². The first kappa shape index (κ1) is 21.4. The molecule has 1 atom stereocenters. The fourth-order valence-corrected chi connectivity index (χ4v) is 2.69. The first-order chi connectivity index (χ1) is 10.7. The van der Waals surface area contributed by atoms with Crippen LogP contribution in [0.3, 0.4) is 0 Å². The van der Waals surface area contributed by atoms with Crippen molar-refractivity contribution in [3.05, 3.63) is 0 Å². The van der Waals surface area contributed by atoms with Gasteiger partial charge in [-0.25, -0.2) is 0 Å². The molecule has 3 N–H and O–H groups in total. The quantitative estimate of drug-likeness (QED) is 0.350. The van der Waals surface area contributed by atoms with E-state index in [4.69, 9.17) is 10.2 Å². The summed E-state index contributed by atoms with van der Waals surface area (Å²) < 4.78 is 0. The van der Waals surface area contributed by atoms with Crippen LogP contribution in [-0.4, -0.2) is 34.0 Å². The molecule has 0 aliphatic rings. The Morgan fingerprint density at radius 3 is 1.41 bits per heavy atom. The van der Waals surface area contributed by atoms with Crippen molar-refractivity contribution in [3.8, 4) is 0 Å². The van der Waals surface area contributed by atoms with Crippen molar-refractivity contribution < 1.29 is 20.1 Å². The van der Waals surface area contributed by atoms with E-state index in [1.165, 1.54) is 57.8 Å². The van der Waals surface area contributed by atoms with E-state index in [0.29, 0.717) is 6.42 Å². The maximum atomic E-state index is 10.3. The molecule has 0 radical (unpaired) electrons. The number of carboxylic acids is 1. The maximum absolute atomic E-state index is 10.3. The molecule has 0 fully saturated rings. The predicted molar refractivity (Wildman–Crippen MR) is 90.0 cm³/mol. The van der Waals surface area contributed by atoms with Gasteiger partial charge in [-0.3, -0.25) is 4.79 Å². The van der Waals surface area contributed by atoms with Gasteiger partial charge < -0.3 is 15.3 Å². The van der Waals surface area contributed by atoms with Gasteiger partial charge in [-0.05, 0) is 12.8 Å². The number of carboxylic acid groups (broad SMARTS) is 1. The van der Waals surface area contributed by atoms with E-state index in [1.807, 2.05) is 0 Å². The molecular weight excluding hydrogens is 280 g/mol. The second kappa shape index (κ2) is 16.8. The predicted octanol–water partition coefficient (Wildman–Crippen LogP) is 4.28. The molecule has 0 aliphatic carbocycles. The second-order valence-corrected chi connectivity index (χ2v) is 6.37. The summed E-state index contributed by atoms with van der Waals surface area (Å²) in [5.41, 5.74) is 0. The van der Waals surface area contributed by atoms with Gasteiger partial charge >= 0.3 is 5.97 Å². The standard InChI is InChI=1S/C18H36O4/c19-16-17(20)14-12-10-8-6-4-2-1-3-5-7-9-11-13-15-18(21)22/h17,19-20H,1-16H2,(H,21,22). The van der Waals surface area contributed by atoms with E-state index < -0.39 is 12.1 Å². The third kappa shape index (κ3) is 17.4. The lowest BCUT2D eigenvalue weighted by Crippen LogP contribution is -2.10. The third-order valence-corrected chi connectivity index (χ3v) is 4.14. The van der Waals surface area contributed by atoms with E-state index in [0.717, 1.165) is 32.1 Å². The van der Waals surface area contributed by atoms with Gasteiger partial charge in [0.15, 0.2) is 0 Å². The summed E-state index contributed by atoms with van der Waals surface area (Å²) >= 11 is 0. The first-order valence-electron chi connectivity index (χ1n) is 9.17. The maximum Gasteiger partial charge on any atom is 0.303 e. The summed E-state index contributed by atoms with van der Waals surface area (Å²) in [6.45, 7) is -0.112. The van der Waals surface area contributed by atoms with Crippen molar-refractivity contribution in [2.75, 3.05) is 6.61 Å². The Labute approximate surface area is 135 Å². The molecule has 132 valence electrons. The Hall–Kier alpha value is -0.610. The van der Waals surface area contributed by atoms with Crippen molar-refractivity contribution in [1.29, 1.82) is 0 Å². The summed E-state index contributed by atoms with van der Waals surface area (Å²) in [7, 11) is 0. The lowest BCUT2D eigenvalue weighted by Gasteiger charge is -2.06. The average Bonchev–Trinajstić information content (AvgIpc) is 2.50. The normalized spacial score (nSPS) is 12.5. The van der Waals surface area contributed by atoms with Gasteiger partial charge in [0.2, 0.25) is 0 Å². The van der Waals surface area contributed by atoms with Gasteiger partial charge in [0.05, 0.1) is 12.7 Å². The molecule has 4 heteroatoms. The molecule has 0 aromatic heterocycles. The molecule has 0 heterocycles. The van der Waals surface area contributed by atoms with Crippen LogP contribution in [0, 0.1) is 0 Å². The minimum absolute atomic E-state index is 0.112. The summed E-state index contributed by atoms with van der Waals surface area (Å²) in [6.07, 6.45) is 16.0.